The van der Waals surface area contributed by atoms with Crippen molar-refractivity contribution in [3.63, 3.8) is 0 Å². The fraction of sp³-hybridized carbons (Fsp3) is 0.923. The van der Waals surface area contributed by atoms with Crippen molar-refractivity contribution in [2.75, 3.05) is 0 Å². The van der Waals surface area contributed by atoms with E-state index in [1.165, 1.54) is 32.0 Å². The summed E-state index contributed by atoms with van der Waals surface area (Å²) in [6.45, 7) is 0. The van der Waals surface area contributed by atoms with Crippen LogP contribution in [-0.2, 0) is 4.79 Å². The Bertz CT molecular complexity index is 219. The molecule has 2 nitrogen and oxygen atoms in total. The zero-order chi connectivity index (χ0) is 10.7. The molecule has 2 aliphatic carbocycles. The van der Waals surface area contributed by atoms with Gasteiger partial charge in [-0.05, 0) is 31.6 Å². The molecule has 0 radical (unpaired) electrons. The van der Waals surface area contributed by atoms with Crippen LogP contribution in [0.5, 0.6) is 0 Å². The van der Waals surface area contributed by atoms with Crippen molar-refractivity contribution >= 4 is 6.29 Å². The quantitative estimate of drug-likeness (QED) is 0.562. The van der Waals surface area contributed by atoms with Crippen LogP contribution in [0.25, 0.3) is 0 Å². The molecule has 0 aromatic rings. The van der Waals surface area contributed by atoms with Gasteiger partial charge in [0.05, 0.1) is 6.10 Å². The summed E-state index contributed by atoms with van der Waals surface area (Å²) in [6, 6.07) is 0. The van der Waals surface area contributed by atoms with E-state index in [4.69, 9.17) is 0 Å². The summed E-state index contributed by atoms with van der Waals surface area (Å²) in [5, 5.41) is 10.1. The molecule has 2 heteroatoms. The Kier molecular flexibility index (Phi) is 3.45. The fourth-order valence-electron chi connectivity index (χ4n) is 3.57. The van der Waals surface area contributed by atoms with Crippen LogP contribution in [0.2, 0.25) is 0 Å². The number of carbonyl (C=O) groups is 1. The van der Waals surface area contributed by atoms with Crippen molar-refractivity contribution in [3.8, 4) is 0 Å². The topological polar surface area (TPSA) is 37.3 Å². The van der Waals surface area contributed by atoms with Crippen molar-refractivity contribution in [1.82, 2.24) is 0 Å². The van der Waals surface area contributed by atoms with Crippen LogP contribution >= 0.6 is 0 Å². The van der Waals surface area contributed by atoms with Gasteiger partial charge in [0.25, 0.3) is 0 Å². The van der Waals surface area contributed by atoms with E-state index in [9.17, 15) is 9.90 Å². The second-order valence-corrected chi connectivity index (χ2v) is 5.37. The van der Waals surface area contributed by atoms with Gasteiger partial charge in [0, 0.05) is 5.41 Å². The highest BCUT2D eigenvalue weighted by Crippen LogP contribution is 2.47. The van der Waals surface area contributed by atoms with Crippen LogP contribution in [0.4, 0.5) is 0 Å². The number of hydrogen-bond acceptors (Lipinski definition) is 2. The van der Waals surface area contributed by atoms with Crippen molar-refractivity contribution in [2.24, 2.45) is 11.3 Å². The third-order valence-corrected chi connectivity index (χ3v) is 4.49. The summed E-state index contributed by atoms with van der Waals surface area (Å²) in [6.07, 6.45) is 10.8. The molecule has 2 aliphatic rings. The second-order valence-electron chi connectivity index (χ2n) is 5.37. The molecule has 0 aliphatic heterocycles. The maximum Gasteiger partial charge on any atom is 0.126 e. The molecule has 0 saturated heterocycles. The summed E-state index contributed by atoms with van der Waals surface area (Å²) >= 11 is 0. The summed E-state index contributed by atoms with van der Waals surface area (Å²) in [7, 11) is 0. The van der Waals surface area contributed by atoms with Crippen LogP contribution in [0.3, 0.4) is 0 Å². The maximum atomic E-state index is 11.4. The Hall–Kier alpha value is -0.370. The highest BCUT2D eigenvalue weighted by molar-refractivity contribution is 5.60. The van der Waals surface area contributed by atoms with Gasteiger partial charge in [-0.25, -0.2) is 0 Å². The summed E-state index contributed by atoms with van der Waals surface area (Å²) in [4.78, 5) is 11.4. The predicted molar refractivity (Wildman–Crippen MR) is 59.5 cm³/mol. The smallest absolute Gasteiger partial charge is 0.126 e. The van der Waals surface area contributed by atoms with E-state index in [-0.39, 0.29) is 17.4 Å². The van der Waals surface area contributed by atoms with Crippen LogP contribution < -0.4 is 0 Å². The minimum Gasteiger partial charge on any atom is -0.393 e. The molecule has 15 heavy (non-hydrogen) atoms. The van der Waals surface area contributed by atoms with Gasteiger partial charge in [0.15, 0.2) is 0 Å². The molecule has 0 aromatic carbocycles. The Balaban J connectivity index is 2.14. The van der Waals surface area contributed by atoms with Gasteiger partial charge in [-0.2, -0.15) is 0 Å². The third-order valence-electron chi connectivity index (χ3n) is 4.49. The monoisotopic (exact) mass is 210 g/mol. The van der Waals surface area contributed by atoms with E-state index in [1.54, 1.807) is 0 Å². The number of aliphatic hydroxyl groups is 1. The molecule has 2 atom stereocenters. The molecule has 86 valence electrons. The van der Waals surface area contributed by atoms with E-state index in [0.717, 1.165) is 32.1 Å². The van der Waals surface area contributed by atoms with Gasteiger partial charge in [-0.3, -0.25) is 0 Å². The Labute approximate surface area is 92.1 Å². The lowest BCUT2D eigenvalue weighted by molar-refractivity contribution is -0.122. The standard InChI is InChI=1S/C13H22O2/c14-10-13(8-4-5-9-13)11-6-2-1-3-7-12(11)15/h10-12,15H,1-9H2. The van der Waals surface area contributed by atoms with E-state index in [2.05, 4.69) is 0 Å². The molecule has 0 aromatic heterocycles. The van der Waals surface area contributed by atoms with E-state index >= 15 is 0 Å². The zero-order valence-electron chi connectivity index (χ0n) is 9.45. The first-order valence-electron chi connectivity index (χ1n) is 6.43. The second kappa shape index (κ2) is 4.65. The SMILES string of the molecule is O=CC1(C2CCCCCC2O)CCCC1. The lowest BCUT2D eigenvalue weighted by atomic mass is 9.70. The van der Waals surface area contributed by atoms with Crippen molar-refractivity contribution in [2.45, 2.75) is 63.9 Å². The number of aliphatic hydroxyl groups excluding tert-OH is 1. The average molecular weight is 210 g/mol. The van der Waals surface area contributed by atoms with Crippen LogP contribution in [-0.4, -0.2) is 17.5 Å². The Morgan fingerprint density at radius 2 is 1.67 bits per heavy atom. The maximum absolute atomic E-state index is 11.4. The lowest BCUT2D eigenvalue weighted by Gasteiger charge is -2.35. The van der Waals surface area contributed by atoms with Gasteiger partial charge < -0.3 is 9.90 Å². The molecule has 2 fully saturated rings. The lowest BCUT2D eigenvalue weighted by Crippen LogP contribution is -2.37. The highest BCUT2D eigenvalue weighted by Gasteiger charge is 2.44. The molecule has 0 heterocycles. The zero-order valence-corrected chi connectivity index (χ0v) is 9.45. The van der Waals surface area contributed by atoms with Gasteiger partial charge in [0.1, 0.15) is 6.29 Å². The van der Waals surface area contributed by atoms with Crippen LogP contribution in [0.1, 0.15) is 57.8 Å². The van der Waals surface area contributed by atoms with Crippen molar-refractivity contribution in [1.29, 1.82) is 0 Å². The van der Waals surface area contributed by atoms with E-state index in [0.29, 0.717) is 0 Å². The number of carbonyl (C=O) groups excluding carboxylic acids is 1. The Morgan fingerprint density at radius 1 is 1.00 bits per heavy atom. The Morgan fingerprint density at radius 3 is 2.33 bits per heavy atom. The van der Waals surface area contributed by atoms with Crippen LogP contribution in [0, 0.1) is 11.3 Å². The largest absolute Gasteiger partial charge is 0.393 e. The molecule has 2 rings (SSSR count). The minimum atomic E-state index is -0.226. The van der Waals surface area contributed by atoms with Crippen molar-refractivity contribution < 1.29 is 9.90 Å². The van der Waals surface area contributed by atoms with E-state index < -0.39 is 0 Å². The summed E-state index contributed by atoms with van der Waals surface area (Å²) in [5.74, 6) is 0.250. The number of hydrogen-bond donors (Lipinski definition) is 1. The van der Waals surface area contributed by atoms with Crippen molar-refractivity contribution in [3.05, 3.63) is 0 Å². The number of aldehydes is 1. The molecular weight excluding hydrogens is 188 g/mol. The summed E-state index contributed by atoms with van der Waals surface area (Å²) < 4.78 is 0. The average Bonchev–Trinajstić information content (AvgIpc) is 2.63. The molecule has 0 bridgehead atoms. The van der Waals surface area contributed by atoms with Gasteiger partial charge >= 0.3 is 0 Å². The first kappa shape index (κ1) is 11.1. The fourth-order valence-corrected chi connectivity index (χ4v) is 3.57. The first-order chi connectivity index (χ1) is 7.28. The molecule has 1 N–H and O–H groups in total. The van der Waals surface area contributed by atoms with Crippen LogP contribution in [0.15, 0.2) is 0 Å². The van der Waals surface area contributed by atoms with E-state index in [1.807, 2.05) is 0 Å². The molecule has 0 amide bonds. The predicted octanol–water partition coefficient (Wildman–Crippen LogP) is 2.69. The van der Waals surface area contributed by atoms with Gasteiger partial charge in [-0.1, -0.05) is 32.1 Å². The highest BCUT2D eigenvalue weighted by atomic mass is 16.3. The third kappa shape index (κ3) is 2.10. The van der Waals surface area contributed by atoms with Gasteiger partial charge in [-0.15, -0.1) is 0 Å². The first-order valence-corrected chi connectivity index (χ1v) is 6.43. The number of rotatable bonds is 2. The minimum absolute atomic E-state index is 0.163. The molecule has 2 saturated carbocycles. The molecule has 0 spiro atoms. The summed E-state index contributed by atoms with van der Waals surface area (Å²) in [5.41, 5.74) is -0.163. The molecular formula is C13H22O2. The van der Waals surface area contributed by atoms with Gasteiger partial charge in [0.2, 0.25) is 0 Å². The normalized spacial score (nSPS) is 36.1. The molecule has 2 unspecified atom stereocenters.